The third-order valence-corrected chi connectivity index (χ3v) is 9.35. The molecule has 0 aromatic carbocycles. The number of carbonyl (C=O) groups is 2. The second-order valence-electron chi connectivity index (χ2n) is 12.5. The predicted octanol–water partition coefficient (Wildman–Crippen LogP) is 3.16. The molecule has 2 saturated heterocycles. The van der Waals surface area contributed by atoms with E-state index >= 15 is 0 Å². The van der Waals surface area contributed by atoms with E-state index < -0.39 is 5.79 Å². The first-order chi connectivity index (χ1) is 22.3. The highest BCUT2D eigenvalue weighted by Gasteiger charge is 2.48. The lowest BCUT2D eigenvalue weighted by Crippen LogP contribution is -2.45. The number of nitrogens with two attached hydrogens (primary N) is 1. The van der Waals surface area contributed by atoms with E-state index in [-0.39, 0.29) is 36.0 Å². The summed E-state index contributed by atoms with van der Waals surface area (Å²) in [6, 6.07) is 0.189. The second kappa shape index (κ2) is 17.4. The van der Waals surface area contributed by atoms with E-state index in [4.69, 9.17) is 39.4 Å². The van der Waals surface area contributed by atoms with Crippen molar-refractivity contribution in [1.29, 1.82) is 0 Å². The summed E-state index contributed by atoms with van der Waals surface area (Å²) in [5.41, 5.74) is 8.27. The summed E-state index contributed by atoms with van der Waals surface area (Å²) < 4.78 is 29.3. The van der Waals surface area contributed by atoms with Crippen LogP contribution in [0.2, 0.25) is 0 Å². The lowest BCUT2D eigenvalue weighted by molar-refractivity contribution is -0.203. The molecule has 1 saturated carbocycles. The van der Waals surface area contributed by atoms with Gasteiger partial charge in [0.05, 0.1) is 25.7 Å². The van der Waals surface area contributed by atoms with E-state index in [9.17, 15) is 9.59 Å². The molecular weight excluding hydrogens is 592 g/mol. The van der Waals surface area contributed by atoms with Gasteiger partial charge in [-0.2, -0.15) is 4.98 Å². The fourth-order valence-electron chi connectivity index (χ4n) is 6.77. The van der Waals surface area contributed by atoms with E-state index in [0.29, 0.717) is 81.6 Å². The van der Waals surface area contributed by atoms with Gasteiger partial charge in [-0.3, -0.25) is 9.59 Å². The van der Waals surface area contributed by atoms with Crippen molar-refractivity contribution in [3.05, 3.63) is 17.1 Å². The lowest BCUT2D eigenvalue weighted by atomic mass is 9.79. The number of Topliss-reactive ketones (excluding diaryl/α,β-unsaturated/α-hetero) is 1. The summed E-state index contributed by atoms with van der Waals surface area (Å²) in [6.07, 6.45) is 8.14. The minimum atomic E-state index is -0.799. The van der Waals surface area contributed by atoms with Crippen LogP contribution in [-0.4, -0.2) is 120 Å². The second-order valence-corrected chi connectivity index (χ2v) is 12.5. The van der Waals surface area contributed by atoms with Crippen molar-refractivity contribution in [1.82, 2.24) is 14.9 Å². The van der Waals surface area contributed by atoms with Gasteiger partial charge in [-0.1, -0.05) is 19.8 Å². The molecule has 0 unspecified atom stereocenters. The molecule has 258 valence electrons. The number of amides is 1. The van der Waals surface area contributed by atoms with Crippen molar-refractivity contribution < 1.29 is 33.3 Å². The molecule has 13 nitrogen and oxygen atoms in total. The van der Waals surface area contributed by atoms with E-state index in [0.717, 1.165) is 51.5 Å². The highest BCUT2D eigenvalue weighted by atomic mass is 16.7. The number of likely N-dealkylation sites (N-methyl/N-ethyl adjacent to an activating group) is 1. The summed E-state index contributed by atoms with van der Waals surface area (Å²) in [6.45, 7) is 6.04. The highest BCUT2D eigenvalue weighted by molar-refractivity contribution is 6.07. The van der Waals surface area contributed by atoms with Crippen molar-refractivity contribution in [2.75, 3.05) is 90.8 Å². The standard InChI is InChI=1S/C33H54N6O7/c1-6-11-25(27(34)26-13-7-8-14-33(26)45-20-21-46-33)29(41)30-35-31(38(3)16-10-18-42-4)28(39(23-40)17-19-43-5)32(36-30)44-22-24-12-9-15-37(24)2/h23-24,26H,6-22,34H2,1-5H3/b27-25-/t24-,26+/m0/s1. The summed E-state index contributed by atoms with van der Waals surface area (Å²) in [5.74, 6) is -0.812. The first-order valence-electron chi connectivity index (χ1n) is 16.8. The largest absolute Gasteiger partial charge is 0.474 e. The Balaban J connectivity index is 1.82. The Kier molecular flexibility index (Phi) is 13.6. The number of carbonyl (C=O) groups excluding carboxylic acids is 2. The third kappa shape index (κ3) is 8.35. The predicted molar refractivity (Wildman–Crippen MR) is 175 cm³/mol. The maximum Gasteiger partial charge on any atom is 0.244 e. The van der Waals surface area contributed by atoms with Crippen LogP contribution in [0.25, 0.3) is 0 Å². The number of likely N-dealkylation sites (tertiary alicyclic amines) is 1. The smallest absolute Gasteiger partial charge is 0.244 e. The zero-order chi connectivity index (χ0) is 33.1. The molecule has 1 aromatic heterocycles. The van der Waals surface area contributed by atoms with Gasteiger partial charge in [0, 0.05) is 64.7 Å². The number of allylic oxidation sites excluding steroid dienone is 1. The minimum Gasteiger partial charge on any atom is -0.474 e. The van der Waals surface area contributed by atoms with Crippen LogP contribution in [0.4, 0.5) is 11.5 Å². The molecule has 13 heteroatoms. The van der Waals surface area contributed by atoms with Gasteiger partial charge in [-0.25, -0.2) is 4.98 Å². The zero-order valence-corrected chi connectivity index (χ0v) is 28.4. The summed E-state index contributed by atoms with van der Waals surface area (Å²) >= 11 is 0. The van der Waals surface area contributed by atoms with Crippen molar-refractivity contribution in [2.45, 2.75) is 76.5 Å². The fraction of sp³-hybridized carbons (Fsp3) is 0.758. The Morgan fingerprint density at radius 2 is 1.87 bits per heavy atom. The number of ether oxygens (including phenoxy) is 5. The molecule has 1 spiro atoms. The van der Waals surface area contributed by atoms with E-state index in [1.54, 1.807) is 14.2 Å². The number of nitrogens with zero attached hydrogens (tertiary/aromatic N) is 5. The SMILES string of the molecule is CCC/C(C(=O)c1nc(OC[C@@H]2CCCN2C)c(N(C=O)CCOC)c(N(C)CCCOC)n1)=C(/N)[C@H]1CCCCC12OCCO2. The Bertz CT molecular complexity index is 1190. The molecule has 2 aliphatic heterocycles. The molecular formula is C33H54N6O7. The molecule has 3 aliphatic rings. The molecule has 46 heavy (non-hydrogen) atoms. The summed E-state index contributed by atoms with van der Waals surface area (Å²) in [5, 5.41) is 0. The highest BCUT2D eigenvalue weighted by Crippen LogP contribution is 2.44. The van der Waals surface area contributed by atoms with Crippen LogP contribution in [0.3, 0.4) is 0 Å². The Hall–Kier alpha value is -2.84. The van der Waals surface area contributed by atoms with Gasteiger partial charge in [0.15, 0.2) is 11.6 Å². The molecule has 3 heterocycles. The van der Waals surface area contributed by atoms with E-state index in [1.807, 2.05) is 18.9 Å². The fourth-order valence-corrected chi connectivity index (χ4v) is 6.77. The van der Waals surface area contributed by atoms with Gasteiger partial charge in [-0.15, -0.1) is 0 Å². The maximum absolute atomic E-state index is 14.5. The third-order valence-electron chi connectivity index (χ3n) is 9.35. The molecule has 1 amide bonds. The maximum atomic E-state index is 14.5. The lowest BCUT2D eigenvalue weighted by Gasteiger charge is -2.40. The van der Waals surface area contributed by atoms with Crippen LogP contribution in [0, 0.1) is 5.92 Å². The number of anilines is 2. The molecule has 0 bridgehead atoms. The number of hydrogen-bond acceptors (Lipinski definition) is 12. The number of hydrogen-bond donors (Lipinski definition) is 1. The van der Waals surface area contributed by atoms with E-state index in [1.165, 1.54) is 4.90 Å². The Morgan fingerprint density at radius 1 is 1.11 bits per heavy atom. The summed E-state index contributed by atoms with van der Waals surface area (Å²) in [4.78, 5) is 42.3. The topological polar surface area (TPSA) is 142 Å². The van der Waals surface area contributed by atoms with Crippen LogP contribution in [0.5, 0.6) is 5.88 Å². The van der Waals surface area contributed by atoms with Gasteiger partial charge in [-0.05, 0) is 52.1 Å². The van der Waals surface area contributed by atoms with Crippen LogP contribution in [-0.2, 0) is 23.7 Å². The van der Waals surface area contributed by atoms with E-state index in [2.05, 4.69) is 11.9 Å². The van der Waals surface area contributed by atoms with Crippen LogP contribution < -0.4 is 20.3 Å². The van der Waals surface area contributed by atoms with Gasteiger partial charge >= 0.3 is 0 Å². The van der Waals surface area contributed by atoms with Crippen molar-refractivity contribution >= 4 is 23.7 Å². The first kappa shape index (κ1) is 36.0. The van der Waals surface area contributed by atoms with Crippen molar-refractivity contribution in [2.24, 2.45) is 11.7 Å². The Morgan fingerprint density at radius 3 is 2.52 bits per heavy atom. The molecule has 1 aliphatic carbocycles. The molecule has 4 rings (SSSR count). The molecule has 2 atom stereocenters. The minimum absolute atomic E-state index is 0.0192. The number of rotatable bonds is 18. The monoisotopic (exact) mass is 646 g/mol. The number of ketones is 1. The van der Waals surface area contributed by atoms with Gasteiger partial charge in [0.25, 0.3) is 0 Å². The molecule has 1 aromatic rings. The van der Waals surface area contributed by atoms with Gasteiger partial charge in [0.2, 0.25) is 23.9 Å². The quantitative estimate of drug-likeness (QED) is 0.108. The molecule has 3 fully saturated rings. The Labute approximate surface area is 273 Å². The average molecular weight is 647 g/mol. The zero-order valence-electron chi connectivity index (χ0n) is 28.4. The van der Waals surface area contributed by atoms with Crippen molar-refractivity contribution in [3.8, 4) is 5.88 Å². The summed E-state index contributed by atoms with van der Waals surface area (Å²) in [7, 11) is 7.18. The van der Waals surface area contributed by atoms with Crippen LogP contribution in [0.1, 0.15) is 75.3 Å². The number of methoxy groups -OCH3 is 2. The molecule has 2 N–H and O–H groups in total. The normalized spacial score (nSPS) is 21.8. The number of aromatic nitrogens is 2. The van der Waals surface area contributed by atoms with Crippen molar-refractivity contribution in [3.63, 3.8) is 0 Å². The van der Waals surface area contributed by atoms with Crippen LogP contribution in [0.15, 0.2) is 11.3 Å². The first-order valence-corrected chi connectivity index (χ1v) is 16.8. The van der Waals surface area contributed by atoms with Crippen LogP contribution >= 0.6 is 0 Å². The van der Waals surface area contributed by atoms with Gasteiger partial charge in [0.1, 0.15) is 12.3 Å². The van der Waals surface area contributed by atoms with Gasteiger partial charge < -0.3 is 44.1 Å². The molecule has 0 radical (unpaired) electrons. The average Bonchev–Trinajstić information content (AvgIpc) is 3.71.